The van der Waals surface area contributed by atoms with Gasteiger partial charge in [-0.05, 0) is 45.9 Å². The first-order valence-electron chi connectivity index (χ1n) is 7.09. The molecule has 0 atom stereocenters. The molecule has 0 aliphatic heterocycles. The van der Waals surface area contributed by atoms with Crippen molar-refractivity contribution in [3.05, 3.63) is 53.6 Å². The summed E-state index contributed by atoms with van der Waals surface area (Å²) in [7, 11) is -1.80. The SMILES string of the molecule is CC[Si](Cl)(CC)c1cccc2c1Cc1ccccc1-2. The van der Waals surface area contributed by atoms with Crippen LogP contribution in [-0.2, 0) is 6.42 Å². The third-order valence-electron chi connectivity index (χ3n) is 4.45. The second kappa shape index (κ2) is 4.81. The lowest BCUT2D eigenvalue weighted by Gasteiger charge is -2.24. The van der Waals surface area contributed by atoms with Gasteiger partial charge in [0, 0.05) is 0 Å². The van der Waals surface area contributed by atoms with Gasteiger partial charge in [-0.3, -0.25) is 0 Å². The summed E-state index contributed by atoms with van der Waals surface area (Å²) in [5.41, 5.74) is 5.76. The highest BCUT2D eigenvalue weighted by Crippen LogP contribution is 2.37. The highest BCUT2D eigenvalue weighted by molar-refractivity contribution is 7.27. The van der Waals surface area contributed by atoms with Crippen molar-refractivity contribution in [2.45, 2.75) is 32.4 Å². The Kier molecular flexibility index (Phi) is 3.28. The largest absolute Gasteiger partial charge is 0.186 e. The highest BCUT2D eigenvalue weighted by Gasteiger charge is 2.34. The number of rotatable bonds is 3. The van der Waals surface area contributed by atoms with Gasteiger partial charge in [-0.1, -0.05) is 56.3 Å². The van der Waals surface area contributed by atoms with E-state index in [9.17, 15) is 0 Å². The van der Waals surface area contributed by atoms with E-state index in [1.54, 1.807) is 0 Å². The minimum Gasteiger partial charge on any atom is -0.161 e. The van der Waals surface area contributed by atoms with Crippen molar-refractivity contribution >= 4 is 23.6 Å². The van der Waals surface area contributed by atoms with Crippen molar-refractivity contribution in [2.24, 2.45) is 0 Å². The Hall–Kier alpha value is -1.05. The van der Waals surface area contributed by atoms with Crippen LogP contribution < -0.4 is 5.19 Å². The standard InChI is InChI=1S/C17H19ClSi/c1-3-19(18,4-2)17-11-7-10-15-14-9-6-5-8-13(14)12-16(15)17/h5-11H,3-4,12H2,1-2H3. The van der Waals surface area contributed by atoms with Crippen LogP contribution >= 0.6 is 11.1 Å². The van der Waals surface area contributed by atoms with Gasteiger partial charge < -0.3 is 0 Å². The van der Waals surface area contributed by atoms with Crippen LogP contribution in [-0.4, -0.2) is 7.38 Å². The Morgan fingerprint density at radius 2 is 1.63 bits per heavy atom. The monoisotopic (exact) mass is 286 g/mol. The predicted molar refractivity (Wildman–Crippen MR) is 86.9 cm³/mol. The Bertz CT molecular complexity index is 614. The molecular formula is C17H19ClSi. The van der Waals surface area contributed by atoms with E-state index in [1.807, 2.05) is 0 Å². The van der Waals surface area contributed by atoms with E-state index in [0.29, 0.717) is 0 Å². The van der Waals surface area contributed by atoms with Crippen molar-refractivity contribution in [3.8, 4) is 11.1 Å². The zero-order valence-electron chi connectivity index (χ0n) is 11.5. The maximum Gasteiger partial charge on any atom is 0.186 e. The van der Waals surface area contributed by atoms with Crippen LogP contribution in [0.3, 0.4) is 0 Å². The summed E-state index contributed by atoms with van der Waals surface area (Å²) in [6.07, 6.45) is 1.06. The van der Waals surface area contributed by atoms with E-state index in [-0.39, 0.29) is 0 Å². The number of halogens is 1. The molecule has 0 aromatic heterocycles. The van der Waals surface area contributed by atoms with Crippen LogP contribution in [0.1, 0.15) is 25.0 Å². The molecule has 98 valence electrons. The maximum atomic E-state index is 7.00. The lowest BCUT2D eigenvalue weighted by molar-refractivity contribution is 1.25. The third-order valence-corrected chi connectivity index (χ3v) is 10.3. The van der Waals surface area contributed by atoms with Crippen LogP contribution in [0.5, 0.6) is 0 Å². The summed E-state index contributed by atoms with van der Waals surface area (Å²) in [5, 5.41) is 1.47. The summed E-state index contributed by atoms with van der Waals surface area (Å²) in [4.78, 5) is 0. The average molecular weight is 287 g/mol. The number of fused-ring (bicyclic) bond motifs is 3. The molecular weight excluding hydrogens is 268 g/mol. The fourth-order valence-electron chi connectivity index (χ4n) is 3.21. The third kappa shape index (κ3) is 1.96. The van der Waals surface area contributed by atoms with E-state index in [4.69, 9.17) is 11.1 Å². The molecule has 3 rings (SSSR count). The molecule has 0 heterocycles. The lowest BCUT2D eigenvalue weighted by Crippen LogP contribution is -2.42. The number of benzene rings is 2. The molecule has 0 N–H and O–H groups in total. The van der Waals surface area contributed by atoms with E-state index >= 15 is 0 Å². The number of hydrogen-bond donors (Lipinski definition) is 0. The maximum absolute atomic E-state index is 7.00. The van der Waals surface area contributed by atoms with Crippen molar-refractivity contribution in [1.29, 1.82) is 0 Å². The molecule has 0 bridgehead atoms. The smallest absolute Gasteiger partial charge is 0.161 e. The summed E-state index contributed by atoms with van der Waals surface area (Å²) >= 11 is 7.00. The van der Waals surface area contributed by atoms with Crippen molar-refractivity contribution in [1.82, 2.24) is 0 Å². The van der Waals surface area contributed by atoms with Gasteiger partial charge in [0.1, 0.15) is 0 Å². The normalized spacial score (nSPS) is 13.2. The summed E-state index contributed by atoms with van der Waals surface area (Å²) in [6.45, 7) is 4.48. The first-order chi connectivity index (χ1) is 9.19. The summed E-state index contributed by atoms with van der Waals surface area (Å²) in [6, 6.07) is 17.7. The quantitative estimate of drug-likeness (QED) is 0.484. The minimum absolute atomic E-state index is 1.06. The molecule has 0 fully saturated rings. The topological polar surface area (TPSA) is 0 Å². The predicted octanol–water partition coefficient (Wildman–Crippen LogP) is 4.69. The first kappa shape index (κ1) is 13.0. The van der Waals surface area contributed by atoms with Crippen LogP contribution in [0, 0.1) is 0 Å². The second-order valence-electron chi connectivity index (χ2n) is 5.34. The molecule has 2 aromatic carbocycles. The van der Waals surface area contributed by atoms with Gasteiger partial charge in [0.2, 0.25) is 0 Å². The van der Waals surface area contributed by atoms with E-state index < -0.39 is 7.38 Å². The van der Waals surface area contributed by atoms with Gasteiger partial charge in [-0.2, -0.15) is 11.1 Å². The fraction of sp³-hybridized carbons (Fsp3) is 0.294. The van der Waals surface area contributed by atoms with E-state index in [0.717, 1.165) is 18.5 Å². The van der Waals surface area contributed by atoms with Crippen LogP contribution in [0.15, 0.2) is 42.5 Å². The van der Waals surface area contributed by atoms with Gasteiger partial charge in [-0.25, -0.2) is 0 Å². The molecule has 1 aliphatic carbocycles. The van der Waals surface area contributed by atoms with Gasteiger partial charge in [0.05, 0.1) is 0 Å². The molecule has 2 heteroatoms. The molecule has 0 unspecified atom stereocenters. The Morgan fingerprint density at radius 1 is 0.947 bits per heavy atom. The Balaban J connectivity index is 2.19. The molecule has 0 saturated carbocycles. The van der Waals surface area contributed by atoms with Crippen LogP contribution in [0.4, 0.5) is 0 Å². The zero-order valence-corrected chi connectivity index (χ0v) is 13.3. The van der Waals surface area contributed by atoms with Gasteiger partial charge >= 0.3 is 0 Å². The fourth-order valence-corrected chi connectivity index (χ4v) is 6.16. The Labute approximate surface area is 121 Å². The van der Waals surface area contributed by atoms with Crippen molar-refractivity contribution < 1.29 is 0 Å². The van der Waals surface area contributed by atoms with Crippen LogP contribution in [0.25, 0.3) is 11.1 Å². The molecule has 1 aliphatic rings. The summed E-state index contributed by atoms with van der Waals surface area (Å²) in [5.74, 6) is 0. The van der Waals surface area contributed by atoms with Crippen molar-refractivity contribution in [2.75, 3.05) is 0 Å². The molecule has 0 saturated heterocycles. The first-order valence-corrected chi connectivity index (χ1v) is 10.5. The molecule has 2 aromatic rings. The van der Waals surface area contributed by atoms with Gasteiger partial charge in [0.25, 0.3) is 0 Å². The van der Waals surface area contributed by atoms with Gasteiger partial charge in [0.15, 0.2) is 7.38 Å². The van der Waals surface area contributed by atoms with E-state index in [1.165, 1.54) is 27.4 Å². The van der Waals surface area contributed by atoms with Gasteiger partial charge in [-0.15, -0.1) is 0 Å². The zero-order chi connectivity index (χ0) is 13.5. The molecule has 0 amide bonds. The molecule has 0 radical (unpaired) electrons. The highest BCUT2D eigenvalue weighted by atomic mass is 35.6. The summed E-state index contributed by atoms with van der Waals surface area (Å²) < 4.78 is 0. The number of hydrogen-bond acceptors (Lipinski definition) is 0. The molecule has 0 spiro atoms. The van der Waals surface area contributed by atoms with Crippen molar-refractivity contribution in [3.63, 3.8) is 0 Å². The second-order valence-corrected chi connectivity index (χ2v) is 11.4. The average Bonchev–Trinajstić information content (AvgIpc) is 2.85. The molecule has 0 nitrogen and oxygen atoms in total. The molecule has 19 heavy (non-hydrogen) atoms. The van der Waals surface area contributed by atoms with Crippen LogP contribution in [0.2, 0.25) is 12.1 Å². The van der Waals surface area contributed by atoms with E-state index in [2.05, 4.69) is 56.3 Å². The minimum atomic E-state index is -1.80. The lowest BCUT2D eigenvalue weighted by atomic mass is 10.1. The Morgan fingerprint density at radius 3 is 2.37 bits per heavy atom.